The Morgan fingerprint density at radius 2 is 2.08 bits per heavy atom. The van der Waals surface area contributed by atoms with Crippen LogP contribution in [-0.4, -0.2) is 53.2 Å². The number of ether oxygens (including phenoxy) is 1. The molecule has 0 fully saturated rings. The van der Waals surface area contributed by atoms with Crippen LogP contribution >= 0.6 is 23.4 Å². The number of halogens is 1. The first-order valence-electron chi connectivity index (χ1n) is 7.88. The third kappa shape index (κ3) is 5.45. The number of amides is 3. The van der Waals surface area contributed by atoms with Gasteiger partial charge in [0.25, 0.3) is 0 Å². The van der Waals surface area contributed by atoms with E-state index < -0.39 is 11.9 Å². The molecule has 1 heterocycles. The molecule has 0 spiro atoms. The zero-order chi connectivity index (χ0) is 18.9. The van der Waals surface area contributed by atoms with E-state index in [1.165, 1.54) is 18.8 Å². The van der Waals surface area contributed by atoms with Crippen molar-refractivity contribution in [2.45, 2.75) is 18.1 Å². The Bertz CT molecular complexity index is 768. The third-order valence-corrected chi connectivity index (χ3v) is 4.67. The molecule has 2 N–H and O–H groups in total. The number of aromatic nitrogens is 3. The lowest BCUT2D eigenvalue weighted by Gasteiger charge is -2.11. The number of methoxy groups -OCH3 is 1. The van der Waals surface area contributed by atoms with Gasteiger partial charge in [0.15, 0.2) is 11.0 Å². The average Bonchev–Trinajstić information content (AvgIpc) is 3.03. The number of nitrogens with zero attached hydrogens (tertiary/aromatic N) is 3. The molecule has 0 atom stereocenters. The normalized spacial score (nSPS) is 10.6. The number of urea groups is 1. The van der Waals surface area contributed by atoms with E-state index in [2.05, 4.69) is 20.8 Å². The first-order valence-corrected chi connectivity index (χ1v) is 9.24. The number of hydrogen-bond donors (Lipinski definition) is 2. The van der Waals surface area contributed by atoms with Crippen molar-refractivity contribution < 1.29 is 14.3 Å². The maximum Gasteiger partial charge on any atom is 0.321 e. The van der Waals surface area contributed by atoms with Crippen molar-refractivity contribution in [1.29, 1.82) is 0 Å². The predicted molar refractivity (Wildman–Crippen MR) is 100 cm³/mol. The number of thioether (sulfide) groups is 1. The smallest absolute Gasteiger partial charge is 0.321 e. The van der Waals surface area contributed by atoms with Gasteiger partial charge in [-0.25, -0.2) is 4.79 Å². The molecule has 0 aliphatic carbocycles. The zero-order valence-corrected chi connectivity index (χ0v) is 16.1. The van der Waals surface area contributed by atoms with Crippen molar-refractivity contribution in [2.75, 3.05) is 26.5 Å². The molecule has 140 valence electrons. The second kappa shape index (κ2) is 10.1. The lowest BCUT2D eigenvalue weighted by Crippen LogP contribution is -2.38. The molecule has 10 heteroatoms. The van der Waals surface area contributed by atoms with Crippen molar-refractivity contribution in [3.8, 4) is 11.4 Å². The monoisotopic (exact) mass is 397 g/mol. The molecule has 0 bridgehead atoms. The van der Waals surface area contributed by atoms with Gasteiger partial charge in [-0.1, -0.05) is 35.5 Å². The highest BCUT2D eigenvalue weighted by molar-refractivity contribution is 7.99. The second-order valence-electron chi connectivity index (χ2n) is 5.20. The topological polar surface area (TPSA) is 98.1 Å². The summed E-state index contributed by atoms with van der Waals surface area (Å²) in [6.45, 7) is 1.20. The molecule has 1 aromatic carbocycles. The van der Waals surface area contributed by atoms with Gasteiger partial charge in [-0.3, -0.25) is 10.1 Å². The Morgan fingerprint density at radius 1 is 1.31 bits per heavy atom. The van der Waals surface area contributed by atoms with Gasteiger partial charge in [0.1, 0.15) is 0 Å². The summed E-state index contributed by atoms with van der Waals surface area (Å²) in [4.78, 5) is 23.0. The fourth-order valence-electron chi connectivity index (χ4n) is 2.16. The molecule has 2 rings (SSSR count). The molecule has 0 unspecified atom stereocenters. The first kappa shape index (κ1) is 20.2. The van der Waals surface area contributed by atoms with Crippen molar-refractivity contribution >= 4 is 35.3 Å². The van der Waals surface area contributed by atoms with Crippen LogP contribution in [0.15, 0.2) is 29.4 Å². The fourth-order valence-corrected chi connectivity index (χ4v) is 3.15. The Kier molecular flexibility index (Phi) is 7.89. The summed E-state index contributed by atoms with van der Waals surface area (Å²) in [7, 11) is 3.08. The lowest BCUT2D eigenvalue weighted by molar-refractivity contribution is -0.117. The standard InChI is InChI=1S/C16H20ClN5O3S/c1-18-15(24)19-13(23)10-26-16-21-20-14(22(16)8-5-9-25-2)11-6-3-4-7-12(11)17/h3-4,6-7H,5,8-10H2,1-2H3,(H2,18,19,23,24). The van der Waals surface area contributed by atoms with E-state index in [1.54, 1.807) is 13.2 Å². The molecule has 2 aromatic rings. The Hall–Kier alpha value is -2.10. The molecular formula is C16H20ClN5O3S. The average molecular weight is 398 g/mol. The van der Waals surface area contributed by atoms with Crippen LogP contribution in [0.5, 0.6) is 0 Å². The van der Waals surface area contributed by atoms with E-state index in [4.69, 9.17) is 16.3 Å². The molecule has 0 saturated carbocycles. The van der Waals surface area contributed by atoms with Crippen LogP contribution < -0.4 is 10.6 Å². The summed E-state index contributed by atoms with van der Waals surface area (Å²) >= 11 is 7.48. The Balaban J connectivity index is 2.19. The van der Waals surface area contributed by atoms with Gasteiger partial charge in [0.05, 0.1) is 10.8 Å². The van der Waals surface area contributed by atoms with Crippen molar-refractivity contribution in [1.82, 2.24) is 25.4 Å². The van der Waals surface area contributed by atoms with E-state index >= 15 is 0 Å². The number of carbonyl (C=O) groups excluding carboxylic acids is 2. The molecular weight excluding hydrogens is 378 g/mol. The minimum absolute atomic E-state index is 0.0400. The Morgan fingerprint density at radius 3 is 2.77 bits per heavy atom. The third-order valence-electron chi connectivity index (χ3n) is 3.37. The van der Waals surface area contributed by atoms with Gasteiger partial charge in [-0.15, -0.1) is 10.2 Å². The number of nitrogens with one attached hydrogen (secondary N) is 2. The highest BCUT2D eigenvalue weighted by Crippen LogP contribution is 2.29. The van der Waals surface area contributed by atoms with Gasteiger partial charge in [0, 0.05) is 32.9 Å². The highest BCUT2D eigenvalue weighted by Gasteiger charge is 2.17. The molecule has 0 aliphatic rings. The van der Waals surface area contributed by atoms with Gasteiger partial charge in [0.2, 0.25) is 5.91 Å². The van der Waals surface area contributed by atoms with E-state index in [0.29, 0.717) is 29.2 Å². The van der Waals surface area contributed by atoms with E-state index in [0.717, 1.165) is 12.0 Å². The van der Waals surface area contributed by atoms with Gasteiger partial charge in [-0.05, 0) is 18.6 Å². The first-order chi connectivity index (χ1) is 12.6. The summed E-state index contributed by atoms with van der Waals surface area (Å²) < 4.78 is 7.01. The largest absolute Gasteiger partial charge is 0.385 e. The van der Waals surface area contributed by atoms with Gasteiger partial charge < -0.3 is 14.6 Å². The molecule has 0 saturated heterocycles. The second-order valence-corrected chi connectivity index (χ2v) is 6.55. The lowest BCUT2D eigenvalue weighted by atomic mass is 10.2. The summed E-state index contributed by atoms with van der Waals surface area (Å²) in [6, 6.07) is 6.82. The summed E-state index contributed by atoms with van der Waals surface area (Å²) in [6.07, 6.45) is 0.754. The quantitative estimate of drug-likeness (QED) is 0.523. The molecule has 26 heavy (non-hydrogen) atoms. The Labute approximate surface area is 160 Å². The van der Waals surface area contributed by atoms with Crippen LogP contribution in [0.3, 0.4) is 0 Å². The number of benzene rings is 1. The van der Waals surface area contributed by atoms with E-state index in [-0.39, 0.29) is 5.75 Å². The number of carbonyl (C=O) groups is 2. The maximum absolute atomic E-state index is 11.8. The van der Waals surface area contributed by atoms with Crippen molar-refractivity contribution in [3.63, 3.8) is 0 Å². The maximum atomic E-state index is 11.8. The number of rotatable bonds is 8. The van der Waals surface area contributed by atoms with Crippen molar-refractivity contribution in [2.24, 2.45) is 0 Å². The van der Waals surface area contributed by atoms with Crippen LogP contribution in [0.25, 0.3) is 11.4 Å². The van der Waals surface area contributed by atoms with Crippen LogP contribution in [0.1, 0.15) is 6.42 Å². The highest BCUT2D eigenvalue weighted by atomic mass is 35.5. The van der Waals surface area contributed by atoms with Gasteiger partial charge in [-0.2, -0.15) is 0 Å². The summed E-state index contributed by atoms with van der Waals surface area (Å²) in [5.41, 5.74) is 0.765. The molecule has 8 nitrogen and oxygen atoms in total. The minimum Gasteiger partial charge on any atom is -0.385 e. The molecule has 1 aromatic heterocycles. The summed E-state index contributed by atoms with van der Waals surface area (Å²) in [5, 5.41) is 14.1. The van der Waals surface area contributed by atoms with E-state index in [9.17, 15) is 9.59 Å². The number of hydrogen-bond acceptors (Lipinski definition) is 6. The predicted octanol–water partition coefficient (Wildman–Crippen LogP) is 2.18. The van der Waals surface area contributed by atoms with Crippen molar-refractivity contribution in [3.05, 3.63) is 29.3 Å². The van der Waals surface area contributed by atoms with Crippen LogP contribution in [0, 0.1) is 0 Å². The fraction of sp³-hybridized carbons (Fsp3) is 0.375. The SMILES string of the molecule is CNC(=O)NC(=O)CSc1nnc(-c2ccccc2Cl)n1CCCOC. The molecule has 0 radical (unpaired) electrons. The summed E-state index contributed by atoms with van der Waals surface area (Å²) in [5.74, 6) is 0.249. The zero-order valence-electron chi connectivity index (χ0n) is 14.5. The van der Waals surface area contributed by atoms with E-state index in [1.807, 2.05) is 22.8 Å². The van der Waals surface area contributed by atoms with Crippen LogP contribution in [0.4, 0.5) is 4.79 Å². The minimum atomic E-state index is -0.547. The van der Waals surface area contributed by atoms with Crippen LogP contribution in [0.2, 0.25) is 5.02 Å². The number of imide groups is 1. The van der Waals surface area contributed by atoms with Gasteiger partial charge >= 0.3 is 6.03 Å². The molecule has 3 amide bonds. The van der Waals surface area contributed by atoms with Crippen LogP contribution in [-0.2, 0) is 16.1 Å². The molecule has 0 aliphatic heterocycles.